The molecule has 2 saturated carbocycles. The molecule has 1 aromatic rings. The third-order valence-electron chi connectivity index (χ3n) is 7.27. The summed E-state index contributed by atoms with van der Waals surface area (Å²) in [5.41, 5.74) is 2.41. The molecule has 136 valence electrons. The summed E-state index contributed by atoms with van der Waals surface area (Å²) in [5, 5.41) is 9.96. The van der Waals surface area contributed by atoms with Gasteiger partial charge in [-0.1, -0.05) is 63.8 Å². The molecule has 0 atom stereocenters. The molecule has 2 aliphatic carbocycles. The van der Waals surface area contributed by atoms with Crippen molar-refractivity contribution in [1.29, 1.82) is 5.26 Å². The van der Waals surface area contributed by atoms with Crippen molar-refractivity contribution in [3.8, 4) is 6.07 Å². The van der Waals surface area contributed by atoms with Crippen LogP contribution in [0.15, 0.2) is 24.3 Å². The van der Waals surface area contributed by atoms with Crippen LogP contribution in [0, 0.1) is 29.1 Å². The van der Waals surface area contributed by atoms with Gasteiger partial charge < -0.3 is 0 Å². The molecule has 0 amide bonds. The number of aryl methyl sites for hydroxylation is 1. The Bertz CT molecular complexity index is 563. The number of benzene rings is 1. The predicted octanol–water partition coefficient (Wildman–Crippen LogP) is 6.81. The topological polar surface area (TPSA) is 23.8 Å². The Morgan fingerprint density at radius 3 is 2.04 bits per heavy atom. The van der Waals surface area contributed by atoms with Crippen LogP contribution in [-0.2, 0) is 11.8 Å². The zero-order valence-corrected chi connectivity index (χ0v) is 16.3. The molecule has 25 heavy (non-hydrogen) atoms. The number of nitriles is 1. The van der Waals surface area contributed by atoms with E-state index in [-0.39, 0.29) is 5.41 Å². The summed E-state index contributed by atoms with van der Waals surface area (Å²) in [4.78, 5) is 0. The van der Waals surface area contributed by atoms with Crippen molar-refractivity contribution < 1.29 is 0 Å². The fourth-order valence-electron chi connectivity index (χ4n) is 5.49. The Balaban J connectivity index is 1.59. The van der Waals surface area contributed by atoms with Crippen LogP contribution in [0.5, 0.6) is 0 Å². The molecule has 1 heteroatoms. The zero-order chi connectivity index (χ0) is 17.7. The lowest BCUT2D eigenvalue weighted by Crippen LogP contribution is -2.33. The molecule has 0 bridgehead atoms. The lowest BCUT2D eigenvalue weighted by molar-refractivity contribution is 0.144. The molecule has 3 rings (SSSR count). The second kappa shape index (κ2) is 8.39. The van der Waals surface area contributed by atoms with E-state index in [9.17, 15) is 5.26 Å². The Morgan fingerprint density at radius 2 is 1.52 bits per heavy atom. The van der Waals surface area contributed by atoms with Crippen molar-refractivity contribution in [3.63, 3.8) is 0 Å². The average Bonchev–Trinajstić information content (AvgIpc) is 2.69. The van der Waals surface area contributed by atoms with Crippen LogP contribution in [0.25, 0.3) is 0 Å². The van der Waals surface area contributed by atoms with E-state index in [0.717, 1.165) is 37.0 Å². The summed E-state index contributed by atoms with van der Waals surface area (Å²) in [5.74, 6) is 2.81. The van der Waals surface area contributed by atoms with Gasteiger partial charge in [-0.3, -0.25) is 0 Å². The number of hydrogen-bond donors (Lipinski definition) is 0. The maximum absolute atomic E-state index is 9.96. The van der Waals surface area contributed by atoms with Crippen LogP contribution in [0.2, 0.25) is 0 Å². The maximum Gasteiger partial charge on any atom is 0.0822 e. The quantitative estimate of drug-likeness (QED) is 0.579. The minimum atomic E-state index is -0.220. The molecule has 0 N–H and O–H groups in total. The molecule has 0 heterocycles. The summed E-state index contributed by atoms with van der Waals surface area (Å²) >= 11 is 0. The molecule has 1 aromatic carbocycles. The maximum atomic E-state index is 9.96. The van der Waals surface area contributed by atoms with Gasteiger partial charge >= 0.3 is 0 Å². The van der Waals surface area contributed by atoms with Gasteiger partial charge in [0.1, 0.15) is 0 Å². The third kappa shape index (κ3) is 4.11. The van der Waals surface area contributed by atoms with E-state index < -0.39 is 0 Å². The Kier molecular flexibility index (Phi) is 6.21. The van der Waals surface area contributed by atoms with Crippen LogP contribution in [0.4, 0.5) is 0 Å². The van der Waals surface area contributed by atoms with Gasteiger partial charge in [0.25, 0.3) is 0 Å². The van der Waals surface area contributed by atoms with E-state index in [1.54, 1.807) is 0 Å². The minimum Gasteiger partial charge on any atom is -0.197 e. The first-order valence-electron chi connectivity index (χ1n) is 10.7. The Morgan fingerprint density at radius 1 is 0.920 bits per heavy atom. The van der Waals surface area contributed by atoms with Crippen molar-refractivity contribution in [1.82, 2.24) is 0 Å². The van der Waals surface area contributed by atoms with E-state index in [1.165, 1.54) is 62.5 Å². The summed E-state index contributed by atoms with van der Waals surface area (Å²) in [6.45, 7) is 4.51. The zero-order valence-electron chi connectivity index (χ0n) is 16.3. The highest BCUT2D eigenvalue weighted by Gasteiger charge is 2.39. The Hall–Kier alpha value is -1.29. The molecule has 2 fully saturated rings. The predicted molar refractivity (Wildman–Crippen MR) is 105 cm³/mol. The van der Waals surface area contributed by atoms with Crippen molar-refractivity contribution in [3.05, 3.63) is 35.4 Å². The standard InChI is InChI=1S/C24H35N/c1-3-5-20-6-10-21(11-7-20)22-14-16-24(18-25,17-15-22)23-12-8-19(4-2)9-13-23/h8-9,12-13,20-22H,3-7,10-11,14-17H2,1-2H3/t20?,21?,22-,24-. The SMILES string of the molecule is CCCC1CCC([C@H]2CC[C@](C#N)(c3ccc(CC)cc3)CC2)CC1. The lowest BCUT2D eigenvalue weighted by Gasteiger charge is -2.41. The summed E-state index contributed by atoms with van der Waals surface area (Å²) < 4.78 is 0. The fraction of sp³-hybridized carbons (Fsp3) is 0.708. The molecular formula is C24H35N. The monoisotopic (exact) mass is 337 g/mol. The molecule has 0 aromatic heterocycles. The van der Waals surface area contributed by atoms with Gasteiger partial charge in [0.05, 0.1) is 11.5 Å². The highest BCUT2D eigenvalue weighted by atomic mass is 14.5. The largest absolute Gasteiger partial charge is 0.197 e. The van der Waals surface area contributed by atoms with E-state index in [2.05, 4.69) is 44.2 Å². The molecule has 0 saturated heterocycles. The van der Waals surface area contributed by atoms with Gasteiger partial charge in [-0.15, -0.1) is 0 Å². The van der Waals surface area contributed by atoms with Crippen molar-refractivity contribution >= 4 is 0 Å². The first-order chi connectivity index (χ1) is 12.2. The van der Waals surface area contributed by atoms with Crippen LogP contribution >= 0.6 is 0 Å². The molecular weight excluding hydrogens is 302 g/mol. The van der Waals surface area contributed by atoms with Gasteiger partial charge in [0, 0.05) is 0 Å². The smallest absolute Gasteiger partial charge is 0.0822 e. The minimum absolute atomic E-state index is 0.220. The van der Waals surface area contributed by atoms with Crippen molar-refractivity contribution in [2.45, 2.75) is 89.9 Å². The first-order valence-corrected chi connectivity index (χ1v) is 10.7. The van der Waals surface area contributed by atoms with Gasteiger partial charge in [-0.25, -0.2) is 0 Å². The van der Waals surface area contributed by atoms with Crippen LogP contribution in [-0.4, -0.2) is 0 Å². The summed E-state index contributed by atoms with van der Waals surface area (Å²) in [6.07, 6.45) is 14.3. The number of nitrogens with zero attached hydrogens (tertiary/aromatic N) is 1. The van der Waals surface area contributed by atoms with Gasteiger partial charge in [0.15, 0.2) is 0 Å². The molecule has 0 spiro atoms. The second-order valence-corrected chi connectivity index (χ2v) is 8.65. The van der Waals surface area contributed by atoms with Crippen molar-refractivity contribution in [2.24, 2.45) is 17.8 Å². The van der Waals surface area contributed by atoms with Gasteiger partial charge in [-0.2, -0.15) is 5.26 Å². The summed E-state index contributed by atoms with van der Waals surface area (Å²) in [7, 11) is 0. The van der Waals surface area contributed by atoms with E-state index >= 15 is 0 Å². The number of rotatable bonds is 5. The normalized spacial score (nSPS) is 32.9. The highest BCUT2D eigenvalue weighted by molar-refractivity contribution is 5.35. The molecule has 0 unspecified atom stereocenters. The molecule has 1 nitrogen and oxygen atoms in total. The number of hydrogen-bond acceptors (Lipinski definition) is 1. The first kappa shape index (κ1) is 18.5. The van der Waals surface area contributed by atoms with E-state index in [0.29, 0.717) is 0 Å². The second-order valence-electron chi connectivity index (χ2n) is 8.65. The third-order valence-corrected chi connectivity index (χ3v) is 7.27. The van der Waals surface area contributed by atoms with Crippen LogP contribution in [0.1, 0.15) is 89.2 Å². The highest BCUT2D eigenvalue weighted by Crippen LogP contribution is 2.47. The Labute approximate surface area is 154 Å². The van der Waals surface area contributed by atoms with Gasteiger partial charge in [0.2, 0.25) is 0 Å². The van der Waals surface area contributed by atoms with E-state index in [4.69, 9.17) is 0 Å². The van der Waals surface area contributed by atoms with Crippen LogP contribution in [0.3, 0.4) is 0 Å². The van der Waals surface area contributed by atoms with E-state index in [1.807, 2.05) is 0 Å². The molecule has 0 radical (unpaired) electrons. The fourth-order valence-corrected chi connectivity index (χ4v) is 5.49. The molecule has 2 aliphatic rings. The van der Waals surface area contributed by atoms with Gasteiger partial charge in [-0.05, 0) is 73.8 Å². The lowest BCUT2D eigenvalue weighted by atomic mass is 9.62. The van der Waals surface area contributed by atoms with Crippen molar-refractivity contribution in [2.75, 3.05) is 0 Å². The van der Waals surface area contributed by atoms with Crippen LogP contribution < -0.4 is 0 Å². The summed E-state index contributed by atoms with van der Waals surface area (Å²) in [6, 6.07) is 11.6. The molecule has 0 aliphatic heterocycles. The average molecular weight is 338 g/mol.